The van der Waals surface area contributed by atoms with Gasteiger partial charge in [-0.3, -0.25) is 0 Å². The third-order valence-electron chi connectivity index (χ3n) is 3.07. The van der Waals surface area contributed by atoms with Gasteiger partial charge in [0.25, 0.3) is 4.38 Å². The lowest BCUT2D eigenvalue weighted by Crippen LogP contribution is -3.00. The van der Waals surface area contributed by atoms with Gasteiger partial charge >= 0.3 is 5.91 Å². The number of hydrogen-bond donors (Lipinski definition) is 0. The summed E-state index contributed by atoms with van der Waals surface area (Å²) >= 11 is 5.88. The Morgan fingerprint density at radius 1 is 1.35 bits per heavy atom. The van der Waals surface area contributed by atoms with Crippen molar-refractivity contribution in [1.82, 2.24) is 0 Å². The Balaban J connectivity index is 0.00000147. The van der Waals surface area contributed by atoms with Crippen molar-refractivity contribution in [3.8, 4) is 0 Å². The first-order valence-corrected chi connectivity index (χ1v) is 9.33. The van der Waals surface area contributed by atoms with Crippen molar-refractivity contribution in [3.63, 3.8) is 0 Å². The lowest BCUT2D eigenvalue weighted by molar-refractivity contribution is -0.433. The average molecular weight is 529 g/mol. The molecule has 1 aromatic carbocycles. The van der Waals surface area contributed by atoms with Crippen LogP contribution in [0, 0.1) is 0 Å². The third kappa shape index (κ3) is 3.61. The first-order chi connectivity index (χ1) is 9.28. The van der Waals surface area contributed by atoms with Crippen LogP contribution in [-0.2, 0) is 11.2 Å². The molecule has 1 unspecified atom stereocenters. The van der Waals surface area contributed by atoms with Gasteiger partial charge in [0.1, 0.15) is 4.91 Å². The fourth-order valence-electron chi connectivity index (χ4n) is 2.07. The number of hydrogen-bond acceptors (Lipinski definition) is 3. The van der Waals surface area contributed by atoms with Gasteiger partial charge < -0.3 is 24.0 Å². The molecule has 0 bridgehead atoms. The number of carbonyl (C=O) groups is 1. The molecule has 1 amide bonds. The predicted octanol–water partition coefficient (Wildman–Crippen LogP) is 0.309. The number of carbonyl (C=O) groups excluding carboxylic acids is 1. The molecule has 20 heavy (non-hydrogen) atoms. The van der Waals surface area contributed by atoms with Crippen molar-refractivity contribution < 1.29 is 33.3 Å². The maximum atomic E-state index is 12.3. The number of nitrogens with zero attached hydrogens (tertiary/aromatic N) is 1. The standard InChI is InChI=1S/C14H13INOS2.HI/c15-8-11-9-16-13(17)12(19-14(16)18-11)7-6-10-4-2-1-3-5-10;/h1-5,7,11H,6,8-9H2;1H/q+1;/p-1/b12-7+;. The summed E-state index contributed by atoms with van der Waals surface area (Å²) in [7, 11) is 0. The first kappa shape index (κ1) is 16.8. The van der Waals surface area contributed by atoms with Crippen LogP contribution >= 0.6 is 46.1 Å². The van der Waals surface area contributed by atoms with E-state index in [0.29, 0.717) is 5.25 Å². The van der Waals surface area contributed by atoms with Crippen molar-refractivity contribution in [2.24, 2.45) is 0 Å². The lowest BCUT2D eigenvalue weighted by Gasteiger charge is -2.00. The summed E-state index contributed by atoms with van der Waals surface area (Å²) in [6.07, 6.45) is 2.89. The molecule has 6 heteroatoms. The highest BCUT2D eigenvalue weighted by Crippen LogP contribution is 2.39. The molecular formula is C14H13I2NOS2. The highest BCUT2D eigenvalue weighted by atomic mass is 127. The highest BCUT2D eigenvalue weighted by Gasteiger charge is 2.45. The Morgan fingerprint density at radius 3 is 2.75 bits per heavy atom. The summed E-state index contributed by atoms with van der Waals surface area (Å²) in [5.74, 6) is 0.191. The molecule has 0 saturated heterocycles. The molecule has 0 spiro atoms. The van der Waals surface area contributed by atoms with Crippen molar-refractivity contribution in [1.29, 1.82) is 0 Å². The summed E-state index contributed by atoms with van der Waals surface area (Å²) in [4.78, 5) is 13.2. The van der Waals surface area contributed by atoms with E-state index in [1.165, 1.54) is 9.94 Å². The second-order valence-electron chi connectivity index (χ2n) is 4.44. The van der Waals surface area contributed by atoms with Crippen LogP contribution in [0.4, 0.5) is 0 Å². The number of amides is 1. The van der Waals surface area contributed by atoms with Gasteiger partial charge in [0.05, 0.1) is 5.25 Å². The van der Waals surface area contributed by atoms with Crippen molar-refractivity contribution in [3.05, 3.63) is 46.9 Å². The van der Waals surface area contributed by atoms with Crippen LogP contribution < -0.4 is 24.0 Å². The minimum Gasteiger partial charge on any atom is -1.00 e. The van der Waals surface area contributed by atoms with E-state index in [1.807, 2.05) is 34.5 Å². The Hall–Kier alpha value is 0.460. The van der Waals surface area contributed by atoms with E-state index < -0.39 is 0 Å². The summed E-state index contributed by atoms with van der Waals surface area (Å²) in [6, 6.07) is 10.3. The Kier molecular flexibility index (Phi) is 6.43. The van der Waals surface area contributed by atoms with Gasteiger partial charge in [-0.05, 0) is 35.5 Å². The van der Waals surface area contributed by atoms with Crippen LogP contribution in [0.2, 0.25) is 0 Å². The SMILES string of the molecule is O=C1/C(=C\Cc2ccccc2)SC2=[N+]1CC(CI)S2.[I-]. The van der Waals surface area contributed by atoms with Crippen LogP contribution in [0.3, 0.4) is 0 Å². The predicted molar refractivity (Wildman–Crippen MR) is 91.2 cm³/mol. The van der Waals surface area contributed by atoms with E-state index in [2.05, 4.69) is 40.8 Å². The van der Waals surface area contributed by atoms with Crippen LogP contribution in [0.5, 0.6) is 0 Å². The molecule has 2 nitrogen and oxygen atoms in total. The fourth-order valence-corrected chi connectivity index (χ4v) is 5.44. The minimum atomic E-state index is 0. The number of thioether (sulfide) groups is 2. The topological polar surface area (TPSA) is 20.1 Å². The molecule has 0 radical (unpaired) electrons. The van der Waals surface area contributed by atoms with E-state index >= 15 is 0 Å². The molecule has 0 aliphatic carbocycles. The summed E-state index contributed by atoms with van der Waals surface area (Å²) in [5.41, 5.74) is 1.25. The minimum absolute atomic E-state index is 0. The highest BCUT2D eigenvalue weighted by molar-refractivity contribution is 14.1. The van der Waals surface area contributed by atoms with Gasteiger partial charge in [0.15, 0.2) is 6.54 Å². The zero-order valence-electron chi connectivity index (χ0n) is 10.6. The van der Waals surface area contributed by atoms with Crippen LogP contribution in [0.15, 0.2) is 41.3 Å². The molecule has 0 N–H and O–H groups in total. The third-order valence-corrected chi connectivity index (χ3v) is 7.29. The van der Waals surface area contributed by atoms with E-state index in [4.69, 9.17) is 0 Å². The van der Waals surface area contributed by atoms with Gasteiger partial charge in [0.2, 0.25) is 0 Å². The van der Waals surface area contributed by atoms with Gasteiger partial charge in [0, 0.05) is 4.43 Å². The monoisotopic (exact) mass is 529 g/mol. The van der Waals surface area contributed by atoms with E-state index in [9.17, 15) is 4.79 Å². The number of allylic oxidation sites excluding steroid dienone is 1. The van der Waals surface area contributed by atoms with Gasteiger partial charge in [-0.15, -0.1) is 4.58 Å². The van der Waals surface area contributed by atoms with E-state index in [0.717, 1.165) is 22.3 Å². The van der Waals surface area contributed by atoms with Crippen LogP contribution in [-0.4, -0.2) is 31.1 Å². The smallest absolute Gasteiger partial charge is 0.427 e. The fraction of sp³-hybridized carbons (Fsp3) is 0.286. The average Bonchev–Trinajstić information content (AvgIpc) is 2.97. The summed E-state index contributed by atoms with van der Waals surface area (Å²) < 4.78 is 4.21. The second kappa shape index (κ2) is 7.64. The Morgan fingerprint density at radius 2 is 2.10 bits per heavy atom. The molecule has 2 heterocycles. The summed E-state index contributed by atoms with van der Waals surface area (Å²) in [6.45, 7) is 0.872. The molecule has 0 aromatic heterocycles. The molecule has 1 aromatic rings. The van der Waals surface area contributed by atoms with Gasteiger partial charge in [-0.1, -0.05) is 59.0 Å². The molecule has 0 fully saturated rings. The summed E-state index contributed by atoms with van der Waals surface area (Å²) in [5, 5.41) is 0.572. The lowest BCUT2D eigenvalue weighted by atomic mass is 10.1. The zero-order chi connectivity index (χ0) is 13.2. The molecule has 2 aliphatic rings. The quantitative estimate of drug-likeness (QED) is 0.244. The van der Waals surface area contributed by atoms with Crippen LogP contribution in [0.1, 0.15) is 5.56 Å². The number of halogens is 2. The first-order valence-electron chi connectivity index (χ1n) is 6.11. The van der Waals surface area contributed by atoms with Crippen molar-refractivity contribution in [2.45, 2.75) is 11.7 Å². The Bertz CT molecular complexity index is 572. The number of rotatable bonds is 3. The maximum absolute atomic E-state index is 12.3. The van der Waals surface area contributed by atoms with Crippen molar-refractivity contribution in [2.75, 3.05) is 11.0 Å². The zero-order valence-corrected chi connectivity index (χ0v) is 16.5. The van der Waals surface area contributed by atoms with E-state index in [-0.39, 0.29) is 29.9 Å². The van der Waals surface area contributed by atoms with Gasteiger partial charge in [-0.2, -0.15) is 0 Å². The second-order valence-corrected chi connectivity index (χ2v) is 7.89. The largest absolute Gasteiger partial charge is 1.00 e. The molecule has 0 saturated carbocycles. The molecule has 2 aliphatic heterocycles. The molecule has 3 rings (SSSR count). The van der Waals surface area contributed by atoms with Gasteiger partial charge in [-0.25, -0.2) is 4.79 Å². The van der Waals surface area contributed by atoms with Crippen LogP contribution in [0.25, 0.3) is 0 Å². The number of benzene rings is 1. The van der Waals surface area contributed by atoms with Crippen molar-refractivity contribution >= 4 is 56.4 Å². The normalized spacial score (nSPS) is 23.1. The molecule has 1 atom stereocenters. The van der Waals surface area contributed by atoms with E-state index in [1.54, 1.807) is 11.8 Å². The molecule has 106 valence electrons. The number of alkyl halides is 1. The maximum Gasteiger partial charge on any atom is 0.427 e. The molecular weight excluding hydrogens is 516 g/mol. The Labute approximate surface area is 158 Å².